The molecule has 25 heavy (non-hydrogen) atoms. The Hall–Kier alpha value is -1.53. The number of hydrogen-bond donors (Lipinski definition) is 1. The first-order chi connectivity index (χ1) is 11.7. The largest absolute Gasteiger partial charge is 0.493 e. The van der Waals surface area contributed by atoms with E-state index < -0.39 is 0 Å². The van der Waals surface area contributed by atoms with Gasteiger partial charge in [0.15, 0.2) is 17.6 Å². The van der Waals surface area contributed by atoms with Crippen LogP contribution in [0.5, 0.6) is 11.5 Å². The van der Waals surface area contributed by atoms with Crippen LogP contribution in [-0.4, -0.2) is 32.9 Å². The lowest BCUT2D eigenvalue weighted by Crippen LogP contribution is -2.43. The Morgan fingerprint density at radius 1 is 1.20 bits per heavy atom. The molecule has 1 fully saturated rings. The summed E-state index contributed by atoms with van der Waals surface area (Å²) in [6, 6.07) is 11.6. The molecule has 1 aliphatic heterocycles. The minimum absolute atomic E-state index is 0. The normalized spacial score (nSPS) is 18.1. The predicted octanol–water partition coefficient (Wildman–Crippen LogP) is 4.02. The van der Waals surface area contributed by atoms with Gasteiger partial charge in [0.2, 0.25) is 0 Å². The fourth-order valence-corrected chi connectivity index (χ4v) is 2.79. The third kappa shape index (κ3) is 4.98. The summed E-state index contributed by atoms with van der Waals surface area (Å²) in [5.41, 5.74) is 0.930. The highest BCUT2D eigenvalue weighted by Gasteiger charge is 2.28. The van der Waals surface area contributed by atoms with Gasteiger partial charge in [-0.25, -0.2) is 4.39 Å². The Labute approximate surface area is 157 Å². The van der Waals surface area contributed by atoms with Crippen LogP contribution in [0.25, 0.3) is 0 Å². The Kier molecular flexibility index (Phi) is 7.32. The van der Waals surface area contributed by atoms with Crippen LogP contribution in [0, 0.1) is 5.82 Å². The maximum absolute atomic E-state index is 13.4. The van der Waals surface area contributed by atoms with E-state index in [0.717, 1.165) is 12.1 Å². The van der Waals surface area contributed by atoms with Gasteiger partial charge in [-0.2, -0.15) is 0 Å². The van der Waals surface area contributed by atoms with Crippen LogP contribution < -0.4 is 14.8 Å². The molecule has 7 heteroatoms. The highest BCUT2D eigenvalue weighted by atomic mass is 35.5. The van der Waals surface area contributed by atoms with E-state index in [4.69, 9.17) is 25.8 Å². The monoisotopic (exact) mass is 387 g/mol. The van der Waals surface area contributed by atoms with Gasteiger partial charge in [-0.1, -0.05) is 23.7 Å². The van der Waals surface area contributed by atoms with Crippen molar-refractivity contribution in [1.29, 1.82) is 0 Å². The molecule has 1 heterocycles. The van der Waals surface area contributed by atoms with Crippen LogP contribution in [0.4, 0.5) is 4.39 Å². The molecule has 1 saturated heterocycles. The van der Waals surface area contributed by atoms with Crippen molar-refractivity contribution in [2.45, 2.75) is 12.2 Å². The Balaban J connectivity index is 0.00000225. The van der Waals surface area contributed by atoms with E-state index in [1.54, 1.807) is 6.07 Å². The molecule has 1 N–H and O–H groups in total. The summed E-state index contributed by atoms with van der Waals surface area (Å²) in [6.07, 6.45) is -0.538. The van der Waals surface area contributed by atoms with E-state index in [1.165, 1.54) is 19.2 Å². The third-order valence-electron chi connectivity index (χ3n) is 3.87. The van der Waals surface area contributed by atoms with Crippen molar-refractivity contribution < 1.29 is 18.6 Å². The number of morpholine rings is 1. The summed E-state index contributed by atoms with van der Waals surface area (Å²) < 4.78 is 30.7. The lowest BCUT2D eigenvalue weighted by molar-refractivity contribution is -0.0438. The molecule has 0 bridgehead atoms. The Morgan fingerprint density at radius 3 is 2.60 bits per heavy atom. The zero-order valence-corrected chi connectivity index (χ0v) is 15.3. The highest BCUT2D eigenvalue weighted by molar-refractivity contribution is 6.30. The van der Waals surface area contributed by atoms with E-state index in [0.29, 0.717) is 29.7 Å². The predicted molar refractivity (Wildman–Crippen MR) is 97.6 cm³/mol. The summed E-state index contributed by atoms with van der Waals surface area (Å²) in [5, 5.41) is 3.95. The number of methoxy groups -OCH3 is 1. The molecule has 0 saturated carbocycles. The van der Waals surface area contributed by atoms with Crippen molar-refractivity contribution in [3.63, 3.8) is 0 Å². The Morgan fingerprint density at radius 2 is 1.96 bits per heavy atom. The van der Waals surface area contributed by atoms with Crippen LogP contribution in [0.1, 0.15) is 11.7 Å². The second-order valence-corrected chi connectivity index (χ2v) is 5.93. The van der Waals surface area contributed by atoms with Gasteiger partial charge in [0.25, 0.3) is 0 Å². The molecule has 2 aromatic carbocycles. The average Bonchev–Trinajstić information content (AvgIpc) is 2.62. The number of benzene rings is 2. The topological polar surface area (TPSA) is 39.7 Å². The van der Waals surface area contributed by atoms with Gasteiger partial charge in [0.1, 0.15) is 11.9 Å². The molecule has 1 aliphatic rings. The summed E-state index contributed by atoms with van der Waals surface area (Å²) in [5.74, 6) is 0.434. The van der Waals surface area contributed by atoms with E-state index in [-0.39, 0.29) is 30.4 Å². The third-order valence-corrected chi connectivity index (χ3v) is 4.12. The SMILES string of the molecule is COc1cc(F)ccc1OC(c1ccc(Cl)cc1)[C@@H]1CNCCO1.Cl. The fourth-order valence-electron chi connectivity index (χ4n) is 2.67. The van der Waals surface area contributed by atoms with Crippen molar-refractivity contribution >= 4 is 24.0 Å². The van der Waals surface area contributed by atoms with Crippen molar-refractivity contribution in [3.05, 3.63) is 58.9 Å². The van der Waals surface area contributed by atoms with Crippen LogP contribution in [0.3, 0.4) is 0 Å². The van der Waals surface area contributed by atoms with Gasteiger partial charge in [0.05, 0.1) is 13.7 Å². The molecule has 0 aliphatic carbocycles. The molecule has 136 valence electrons. The lowest BCUT2D eigenvalue weighted by Gasteiger charge is -2.32. The maximum atomic E-state index is 13.4. The summed E-state index contributed by atoms with van der Waals surface area (Å²) >= 11 is 5.98. The van der Waals surface area contributed by atoms with Crippen LogP contribution >= 0.6 is 24.0 Å². The number of halogens is 3. The smallest absolute Gasteiger partial charge is 0.163 e. The first-order valence-corrected chi connectivity index (χ1v) is 8.13. The molecule has 0 amide bonds. The Bertz CT molecular complexity index is 679. The minimum atomic E-state index is -0.377. The summed E-state index contributed by atoms with van der Waals surface area (Å²) in [4.78, 5) is 0. The standard InChI is InChI=1S/C18H19ClFNO3.ClH/c1-22-16-10-14(20)6-7-15(16)24-18(17-11-21-8-9-23-17)12-2-4-13(19)5-3-12;/h2-7,10,17-18,21H,8-9,11H2,1H3;1H/t17-,18?;/m0./s1. The van der Waals surface area contributed by atoms with Crippen molar-refractivity contribution in [2.24, 2.45) is 0 Å². The molecule has 2 atom stereocenters. The van der Waals surface area contributed by atoms with Gasteiger partial charge in [-0.15, -0.1) is 12.4 Å². The van der Waals surface area contributed by atoms with Crippen molar-refractivity contribution in [1.82, 2.24) is 5.32 Å². The fraction of sp³-hybridized carbons (Fsp3) is 0.333. The molecule has 0 radical (unpaired) electrons. The minimum Gasteiger partial charge on any atom is -0.493 e. The summed E-state index contributed by atoms with van der Waals surface area (Å²) in [6.45, 7) is 2.08. The number of ether oxygens (including phenoxy) is 3. The lowest BCUT2D eigenvalue weighted by atomic mass is 10.0. The van der Waals surface area contributed by atoms with Crippen molar-refractivity contribution in [3.8, 4) is 11.5 Å². The second kappa shape index (κ2) is 9.25. The highest BCUT2D eigenvalue weighted by Crippen LogP contribution is 2.34. The quantitative estimate of drug-likeness (QED) is 0.840. The molecule has 3 rings (SSSR count). The number of nitrogens with one attached hydrogen (secondary N) is 1. The van der Waals surface area contributed by atoms with E-state index in [1.807, 2.05) is 24.3 Å². The van der Waals surface area contributed by atoms with E-state index in [9.17, 15) is 4.39 Å². The molecule has 4 nitrogen and oxygen atoms in total. The van der Waals surface area contributed by atoms with Gasteiger partial charge < -0.3 is 19.5 Å². The second-order valence-electron chi connectivity index (χ2n) is 5.50. The molecule has 0 spiro atoms. The maximum Gasteiger partial charge on any atom is 0.163 e. The first-order valence-electron chi connectivity index (χ1n) is 7.75. The van der Waals surface area contributed by atoms with E-state index >= 15 is 0 Å². The summed E-state index contributed by atoms with van der Waals surface area (Å²) in [7, 11) is 1.48. The molecule has 1 unspecified atom stereocenters. The van der Waals surface area contributed by atoms with Gasteiger partial charge in [-0.3, -0.25) is 0 Å². The zero-order chi connectivity index (χ0) is 16.9. The van der Waals surface area contributed by atoms with Crippen molar-refractivity contribution in [2.75, 3.05) is 26.8 Å². The van der Waals surface area contributed by atoms with Gasteiger partial charge in [0, 0.05) is 24.2 Å². The molecular formula is C18H20Cl2FNO3. The first kappa shape index (κ1) is 19.8. The molecular weight excluding hydrogens is 368 g/mol. The van der Waals surface area contributed by atoms with Crippen LogP contribution in [0.15, 0.2) is 42.5 Å². The number of hydrogen-bond acceptors (Lipinski definition) is 4. The zero-order valence-electron chi connectivity index (χ0n) is 13.7. The van der Waals surface area contributed by atoms with Crippen LogP contribution in [0.2, 0.25) is 5.02 Å². The van der Waals surface area contributed by atoms with Gasteiger partial charge >= 0.3 is 0 Å². The average molecular weight is 388 g/mol. The van der Waals surface area contributed by atoms with Crippen LogP contribution in [-0.2, 0) is 4.74 Å². The molecule has 2 aromatic rings. The number of rotatable bonds is 5. The molecule has 0 aromatic heterocycles. The van der Waals surface area contributed by atoms with E-state index in [2.05, 4.69) is 5.32 Å². The van der Waals surface area contributed by atoms with Gasteiger partial charge in [-0.05, 0) is 29.8 Å².